The average molecular weight is 354 g/mol. The summed E-state index contributed by atoms with van der Waals surface area (Å²) in [6.07, 6.45) is 3.04. The Balaban J connectivity index is 1.81. The first-order valence-electron chi connectivity index (χ1n) is 6.47. The largest absolute Gasteiger partial charge is 0.345 e. The Kier molecular flexibility index (Phi) is 3.89. The van der Waals surface area contributed by atoms with E-state index in [1.807, 2.05) is 0 Å². The maximum Gasteiger partial charge on any atom is 0.254 e. The van der Waals surface area contributed by atoms with E-state index in [9.17, 15) is 9.18 Å². The van der Waals surface area contributed by atoms with Crippen LogP contribution < -0.4 is 5.32 Å². The van der Waals surface area contributed by atoms with E-state index in [4.69, 9.17) is 0 Å². The van der Waals surface area contributed by atoms with Crippen molar-refractivity contribution in [1.29, 1.82) is 0 Å². The Labute approximate surface area is 129 Å². The van der Waals surface area contributed by atoms with E-state index < -0.39 is 5.82 Å². The SMILES string of the molecule is O=C(NC1CCCc2sccc21)c1ccc(Br)cc1F. The highest BCUT2D eigenvalue weighted by atomic mass is 79.9. The van der Waals surface area contributed by atoms with Crippen LogP contribution >= 0.6 is 27.3 Å². The molecule has 0 bridgehead atoms. The van der Waals surface area contributed by atoms with Gasteiger partial charge in [0, 0.05) is 9.35 Å². The van der Waals surface area contributed by atoms with Crippen LogP contribution in [-0.2, 0) is 6.42 Å². The minimum atomic E-state index is -0.502. The molecular weight excluding hydrogens is 341 g/mol. The van der Waals surface area contributed by atoms with Gasteiger partial charge in [0.05, 0.1) is 11.6 Å². The Morgan fingerprint density at radius 3 is 3.05 bits per heavy atom. The van der Waals surface area contributed by atoms with Gasteiger partial charge in [-0.2, -0.15) is 0 Å². The van der Waals surface area contributed by atoms with E-state index in [0.717, 1.165) is 19.3 Å². The van der Waals surface area contributed by atoms with Gasteiger partial charge in [0.15, 0.2) is 0 Å². The van der Waals surface area contributed by atoms with Gasteiger partial charge in [0.1, 0.15) is 5.82 Å². The zero-order chi connectivity index (χ0) is 14.1. The smallest absolute Gasteiger partial charge is 0.254 e. The number of thiophene rings is 1. The first kappa shape index (κ1) is 13.8. The van der Waals surface area contributed by atoms with Crippen LogP contribution in [0.15, 0.2) is 34.1 Å². The van der Waals surface area contributed by atoms with Crippen LogP contribution in [0.5, 0.6) is 0 Å². The average Bonchev–Trinajstić information content (AvgIpc) is 2.87. The molecule has 1 amide bonds. The number of hydrogen-bond donors (Lipinski definition) is 1. The summed E-state index contributed by atoms with van der Waals surface area (Å²) in [5.41, 5.74) is 1.28. The maximum atomic E-state index is 13.8. The minimum Gasteiger partial charge on any atom is -0.345 e. The lowest BCUT2D eigenvalue weighted by molar-refractivity contribution is 0.0929. The number of hydrogen-bond acceptors (Lipinski definition) is 2. The number of rotatable bonds is 2. The van der Waals surface area contributed by atoms with Crippen LogP contribution in [0.1, 0.15) is 39.7 Å². The van der Waals surface area contributed by atoms with Crippen LogP contribution in [0.2, 0.25) is 0 Å². The standard InChI is InChI=1S/C15H13BrFNOS/c16-9-4-5-10(12(17)8-9)15(19)18-13-2-1-3-14-11(13)6-7-20-14/h4-8,13H,1-3H2,(H,18,19). The number of nitrogens with one attached hydrogen (secondary N) is 1. The maximum absolute atomic E-state index is 13.8. The summed E-state index contributed by atoms with van der Waals surface area (Å²) in [6.45, 7) is 0. The van der Waals surface area contributed by atoms with Crippen molar-refractivity contribution in [3.05, 3.63) is 55.9 Å². The second kappa shape index (κ2) is 5.66. The van der Waals surface area contributed by atoms with Gasteiger partial charge in [-0.15, -0.1) is 11.3 Å². The molecule has 1 aromatic heterocycles. The molecule has 0 fully saturated rings. The molecule has 0 saturated carbocycles. The highest BCUT2D eigenvalue weighted by Crippen LogP contribution is 2.33. The molecule has 1 atom stereocenters. The first-order valence-corrected chi connectivity index (χ1v) is 8.14. The van der Waals surface area contributed by atoms with Gasteiger partial charge in [0.2, 0.25) is 0 Å². The van der Waals surface area contributed by atoms with Crippen molar-refractivity contribution in [2.75, 3.05) is 0 Å². The Bertz CT molecular complexity index is 655. The third-order valence-electron chi connectivity index (χ3n) is 3.53. The van der Waals surface area contributed by atoms with E-state index in [2.05, 4.69) is 32.7 Å². The number of carbonyl (C=O) groups excluding carboxylic acids is 1. The molecule has 1 heterocycles. The zero-order valence-corrected chi connectivity index (χ0v) is 13.1. The normalized spacial score (nSPS) is 17.6. The lowest BCUT2D eigenvalue weighted by atomic mass is 9.94. The summed E-state index contributed by atoms with van der Waals surface area (Å²) in [6, 6.07) is 6.55. The predicted molar refractivity (Wildman–Crippen MR) is 81.6 cm³/mol. The second-order valence-corrected chi connectivity index (χ2v) is 6.76. The van der Waals surface area contributed by atoms with Crippen LogP contribution in [-0.4, -0.2) is 5.91 Å². The molecule has 104 valence electrons. The molecule has 1 aliphatic rings. The van der Waals surface area contributed by atoms with Crippen LogP contribution in [0.3, 0.4) is 0 Å². The monoisotopic (exact) mass is 353 g/mol. The van der Waals surface area contributed by atoms with Crippen LogP contribution in [0.4, 0.5) is 4.39 Å². The summed E-state index contributed by atoms with van der Waals surface area (Å²) in [5, 5.41) is 5.00. The van der Waals surface area contributed by atoms with E-state index in [-0.39, 0.29) is 17.5 Å². The van der Waals surface area contributed by atoms with Crippen LogP contribution in [0.25, 0.3) is 0 Å². The number of benzene rings is 1. The van der Waals surface area contributed by atoms with Gasteiger partial charge < -0.3 is 5.32 Å². The molecule has 1 N–H and O–H groups in total. The van der Waals surface area contributed by atoms with Crippen molar-refractivity contribution >= 4 is 33.2 Å². The molecule has 0 radical (unpaired) electrons. The number of carbonyl (C=O) groups is 1. The van der Waals surface area contributed by atoms with E-state index in [0.29, 0.717) is 4.47 Å². The summed E-state index contributed by atoms with van der Waals surface area (Å²) in [7, 11) is 0. The van der Waals surface area contributed by atoms with Crippen molar-refractivity contribution in [3.63, 3.8) is 0 Å². The quantitative estimate of drug-likeness (QED) is 0.848. The Hall–Kier alpha value is -1.20. The molecule has 2 aromatic rings. The highest BCUT2D eigenvalue weighted by molar-refractivity contribution is 9.10. The van der Waals surface area contributed by atoms with Crippen molar-refractivity contribution in [1.82, 2.24) is 5.32 Å². The van der Waals surface area contributed by atoms with Gasteiger partial charge in [0.25, 0.3) is 5.91 Å². The molecule has 0 aliphatic heterocycles. The molecule has 5 heteroatoms. The fourth-order valence-corrected chi connectivity index (χ4v) is 3.87. The molecule has 0 saturated heterocycles. The number of amides is 1. The molecule has 2 nitrogen and oxygen atoms in total. The lowest BCUT2D eigenvalue weighted by Crippen LogP contribution is -2.31. The van der Waals surface area contributed by atoms with Crippen molar-refractivity contribution in [3.8, 4) is 0 Å². The topological polar surface area (TPSA) is 29.1 Å². The summed E-state index contributed by atoms with van der Waals surface area (Å²) >= 11 is 4.92. The lowest BCUT2D eigenvalue weighted by Gasteiger charge is -2.23. The number of fused-ring (bicyclic) bond motifs is 1. The molecule has 3 rings (SSSR count). The third kappa shape index (κ3) is 2.65. The second-order valence-electron chi connectivity index (χ2n) is 4.84. The molecule has 1 unspecified atom stereocenters. The van der Waals surface area contributed by atoms with Crippen LogP contribution in [0, 0.1) is 5.82 Å². The van der Waals surface area contributed by atoms with Crippen molar-refractivity contribution in [2.45, 2.75) is 25.3 Å². The first-order chi connectivity index (χ1) is 9.65. The van der Waals surface area contributed by atoms with E-state index in [1.54, 1.807) is 17.4 Å². The highest BCUT2D eigenvalue weighted by Gasteiger charge is 2.24. The van der Waals surface area contributed by atoms with Crippen molar-refractivity contribution < 1.29 is 9.18 Å². The fraction of sp³-hybridized carbons (Fsp3) is 0.267. The molecule has 0 spiro atoms. The zero-order valence-electron chi connectivity index (χ0n) is 10.7. The number of aryl methyl sites for hydroxylation is 1. The van der Waals surface area contributed by atoms with Gasteiger partial charge in [-0.25, -0.2) is 4.39 Å². The minimum absolute atomic E-state index is 0.000506. The number of halogens is 2. The van der Waals surface area contributed by atoms with Gasteiger partial charge >= 0.3 is 0 Å². The predicted octanol–water partition coefficient (Wildman–Crippen LogP) is 4.46. The molecule has 20 heavy (non-hydrogen) atoms. The molecule has 1 aromatic carbocycles. The van der Waals surface area contributed by atoms with Gasteiger partial charge in [-0.1, -0.05) is 15.9 Å². The summed E-state index contributed by atoms with van der Waals surface area (Å²) in [4.78, 5) is 13.5. The van der Waals surface area contributed by atoms with E-state index >= 15 is 0 Å². The fourth-order valence-electron chi connectivity index (χ4n) is 2.55. The summed E-state index contributed by atoms with van der Waals surface area (Å²) < 4.78 is 14.4. The third-order valence-corrected chi connectivity index (χ3v) is 5.02. The molecule has 1 aliphatic carbocycles. The Morgan fingerprint density at radius 2 is 2.25 bits per heavy atom. The van der Waals surface area contributed by atoms with Gasteiger partial charge in [-0.05, 0) is 54.5 Å². The van der Waals surface area contributed by atoms with E-state index in [1.165, 1.54) is 22.6 Å². The summed E-state index contributed by atoms with van der Waals surface area (Å²) in [5.74, 6) is -0.850. The molecular formula is C15H13BrFNOS. The van der Waals surface area contributed by atoms with Crippen molar-refractivity contribution in [2.24, 2.45) is 0 Å². The van der Waals surface area contributed by atoms with Gasteiger partial charge in [-0.3, -0.25) is 4.79 Å². The Morgan fingerprint density at radius 1 is 1.40 bits per heavy atom.